The average molecular weight is 292 g/mol. The first kappa shape index (κ1) is 13.6. The van der Waals surface area contributed by atoms with Gasteiger partial charge in [0.1, 0.15) is 5.82 Å². The summed E-state index contributed by atoms with van der Waals surface area (Å²) in [5, 5.41) is 8.53. The average Bonchev–Trinajstić information content (AvgIpc) is 3.06. The highest BCUT2D eigenvalue weighted by atomic mass is 32.2. The summed E-state index contributed by atoms with van der Waals surface area (Å²) in [6.07, 6.45) is 2.81. The number of hydrogen-bond donors (Lipinski definition) is 0. The smallest absolute Gasteiger partial charge is 0.229 e. The second kappa shape index (κ2) is 5.56. The maximum absolute atomic E-state index is 13.4. The lowest BCUT2D eigenvalue weighted by Crippen LogP contribution is -1.95. The molecule has 5 heteroatoms. The molecular weight excluding hydrogens is 275 g/mol. The van der Waals surface area contributed by atoms with E-state index in [1.165, 1.54) is 5.56 Å². The molecule has 1 aromatic carbocycles. The van der Waals surface area contributed by atoms with Crippen LogP contribution in [-0.4, -0.2) is 10.2 Å². The molecule has 0 aliphatic heterocycles. The SMILES string of the molecule is CCc1nnc([C@@H](C)S[C@@H]2CCc3ccc(F)cc32)o1. The van der Waals surface area contributed by atoms with Crippen molar-refractivity contribution < 1.29 is 8.81 Å². The molecule has 0 saturated carbocycles. The standard InChI is InChI=1S/C15H17FN2OS/c1-3-14-17-18-15(19-14)9(2)20-13-7-5-10-4-6-11(16)8-12(10)13/h4,6,8-9,13H,3,5,7H2,1-2H3/t9-,13-/m1/s1. The van der Waals surface area contributed by atoms with Crippen molar-refractivity contribution in [3.63, 3.8) is 0 Å². The molecule has 106 valence electrons. The van der Waals surface area contributed by atoms with Crippen LogP contribution in [-0.2, 0) is 12.8 Å². The highest BCUT2D eigenvalue weighted by molar-refractivity contribution is 7.99. The van der Waals surface area contributed by atoms with Gasteiger partial charge in [-0.25, -0.2) is 4.39 Å². The van der Waals surface area contributed by atoms with E-state index in [9.17, 15) is 4.39 Å². The molecule has 0 unspecified atom stereocenters. The van der Waals surface area contributed by atoms with E-state index >= 15 is 0 Å². The molecule has 2 atom stereocenters. The number of thioether (sulfide) groups is 1. The minimum absolute atomic E-state index is 0.127. The third-order valence-electron chi connectivity index (χ3n) is 3.63. The molecule has 0 bridgehead atoms. The van der Waals surface area contributed by atoms with Gasteiger partial charge in [-0.2, -0.15) is 0 Å². The lowest BCUT2D eigenvalue weighted by Gasteiger charge is -2.14. The summed E-state index contributed by atoms with van der Waals surface area (Å²) in [5.74, 6) is 1.18. The fourth-order valence-corrected chi connectivity index (χ4v) is 3.88. The third kappa shape index (κ3) is 2.59. The summed E-state index contributed by atoms with van der Waals surface area (Å²) in [7, 11) is 0. The number of hydrogen-bond acceptors (Lipinski definition) is 4. The Kier molecular flexibility index (Phi) is 3.78. The molecule has 3 rings (SSSR count). The summed E-state index contributed by atoms with van der Waals surface area (Å²) in [4.78, 5) is 0. The van der Waals surface area contributed by atoms with Gasteiger partial charge in [-0.3, -0.25) is 0 Å². The molecule has 0 N–H and O–H groups in total. The first-order chi connectivity index (χ1) is 9.67. The van der Waals surface area contributed by atoms with Gasteiger partial charge in [0.15, 0.2) is 0 Å². The van der Waals surface area contributed by atoms with Gasteiger partial charge in [0.25, 0.3) is 0 Å². The molecule has 1 aliphatic rings. The zero-order valence-corrected chi connectivity index (χ0v) is 12.4. The van der Waals surface area contributed by atoms with Crippen molar-refractivity contribution in [3.05, 3.63) is 46.9 Å². The molecular formula is C15H17FN2OS. The van der Waals surface area contributed by atoms with Gasteiger partial charge < -0.3 is 4.42 Å². The minimum Gasteiger partial charge on any atom is -0.424 e. The topological polar surface area (TPSA) is 38.9 Å². The molecule has 20 heavy (non-hydrogen) atoms. The Hall–Kier alpha value is -1.36. The summed E-state index contributed by atoms with van der Waals surface area (Å²) in [6.45, 7) is 4.06. The van der Waals surface area contributed by atoms with E-state index in [0.29, 0.717) is 17.0 Å². The zero-order valence-electron chi connectivity index (χ0n) is 11.6. The van der Waals surface area contributed by atoms with Crippen molar-refractivity contribution >= 4 is 11.8 Å². The summed E-state index contributed by atoms with van der Waals surface area (Å²) >= 11 is 1.77. The fourth-order valence-electron chi connectivity index (χ4n) is 2.55. The van der Waals surface area contributed by atoms with Crippen LogP contribution in [0.4, 0.5) is 4.39 Å². The number of benzene rings is 1. The molecule has 2 aromatic rings. The summed E-state index contributed by atoms with van der Waals surface area (Å²) in [6, 6.07) is 5.11. The molecule has 1 aliphatic carbocycles. The molecule has 0 radical (unpaired) electrons. The first-order valence-electron chi connectivity index (χ1n) is 6.93. The van der Waals surface area contributed by atoms with Crippen LogP contribution in [0.2, 0.25) is 0 Å². The van der Waals surface area contributed by atoms with Gasteiger partial charge in [0.05, 0.1) is 5.25 Å². The van der Waals surface area contributed by atoms with Crippen LogP contribution in [0, 0.1) is 5.82 Å². The Balaban J connectivity index is 1.75. The molecule has 0 amide bonds. The molecule has 0 saturated heterocycles. The van der Waals surface area contributed by atoms with Crippen molar-refractivity contribution in [2.75, 3.05) is 0 Å². The molecule has 0 spiro atoms. The van der Waals surface area contributed by atoms with E-state index in [4.69, 9.17) is 4.42 Å². The predicted octanol–water partition coefficient (Wildman–Crippen LogP) is 4.25. The van der Waals surface area contributed by atoms with Gasteiger partial charge in [-0.15, -0.1) is 22.0 Å². The lowest BCUT2D eigenvalue weighted by atomic mass is 10.1. The number of rotatable bonds is 4. The Morgan fingerprint density at radius 3 is 3.05 bits per heavy atom. The van der Waals surface area contributed by atoms with E-state index in [0.717, 1.165) is 24.8 Å². The number of nitrogens with zero attached hydrogens (tertiary/aromatic N) is 2. The van der Waals surface area contributed by atoms with E-state index < -0.39 is 0 Å². The second-order valence-corrected chi connectivity index (χ2v) is 6.58. The van der Waals surface area contributed by atoms with Crippen LogP contribution >= 0.6 is 11.8 Å². The Labute approximate surface area is 122 Å². The Morgan fingerprint density at radius 2 is 2.30 bits per heavy atom. The summed E-state index contributed by atoms with van der Waals surface area (Å²) in [5.41, 5.74) is 2.38. The predicted molar refractivity (Wildman–Crippen MR) is 77.1 cm³/mol. The number of halogens is 1. The third-order valence-corrected chi connectivity index (χ3v) is 5.06. The van der Waals surface area contributed by atoms with Crippen LogP contribution in [0.25, 0.3) is 0 Å². The fraction of sp³-hybridized carbons (Fsp3) is 0.467. The maximum atomic E-state index is 13.4. The van der Waals surface area contributed by atoms with Gasteiger partial charge in [0, 0.05) is 11.7 Å². The highest BCUT2D eigenvalue weighted by Crippen LogP contribution is 2.47. The van der Waals surface area contributed by atoms with Crippen molar-refractivity contribution in [1.82, 2.24) is 10.2 Å². The van der Waals surface area contributed by atoms with Crippen LogP contribution in [0.5, 0.6) is 0 Å². The van der Waals surface area contributed by atoms with Crippen LogP contribution < -0.4 is 0 Å². The van der Waals surface area contributed by atoms with Crippen LogP contribution in [0.1, 0.15) is 53.7 Å². The first-order valence-corrected chi connectivity index (χ1v) is 7.87. The summed E-state index contributed by atoms with van der Waals surface area (Å²) < 4.78 is 19.0. The van der Waals surface area contributed by atoms with E-state index in [2.05, 4.69) is 17.1 Å². The lowest BCUT2D eigenvalue weighted by molar-refractivity contribution is 0.456. The van der Waals surface area contributed by atoms with Crippen LogP contribution in [0.3, 0.4) is 0 Å². The molecule has 1 heterocycles. The van der Waals surface area contributed by atoms with Gasteiger partial charge in [-0.1, -0.05) is 13.0 Å². The monoisotopic (exact) mass is 292 g/mol. The van der Waals surface area contributed by atoms with E-state index in [1.54, 1.807) is 23.9 Å². The van der Waals surface area contributed by atoms with Gasteiger partial charge >= 0.3 is 0 Å². The molecule has 0 fully saturated rings. The quantitative estimate of drug-likeness (QED) is 0.844. The number of aryl methyl sites for hydroxylation is 2. The largest absolute Gasteiger partial charge is 0.424 e. The second-order valence-electron chi connectivity index (χ2n) is 5.04. The van der Waals surface area contributed by atoms with Crippen molar-refractivity contribution in [1.29, 1.82) is 0 Å². The van der Waals surface area contributed by atoms with Gasteiger partial charge in [0.2, 0.25) is 11.8 Å². The van der Waals surface area contributed by atoms with Crippen molar-refractivity contribution in [2.24, 2.45) is 0 Å². The maximum Gasteiger partial charge on any atom is 0.229 e. The molecule has 3 nitrogen and oxygen atoms in total. The molecule has 1 aromatic heterocycles. The Morgan fingerprint density at radius 1 is 1.45 bits per heavy atom. The van der Waals surface area contributed by atoms with E-state index in [-0.39, 0.29) is 11.1 Å². The van der Waals surface area contributed by atoms with Crippen LogP contribution in [0.15, 0.2) is 22.6 Å². The van der Waals surface area contributed by atoms with Gasteiger partial charge in [-0.05, 0) is 43.0 Å². The highest BCUT2D eigenvalue weighted by Gasteiger charge is 2.27. The zero-order chi connectivity index (χ0) is 14.1. The number of fused-ring (bicyclic) bond motifs is 1. The Bertz CT molecular complexity index is 614. The minimum atomic E-state index is -0.157. The van der Waals surface area contributed by atoms with E-state index in [1.807, 2.05) is 13.0 Å². The van der Waals surface area contributed by atoms with Crippen molar-refractivity contribution in [2.45, 2.75) is 43.6 Å². The van der Waals surface area contributed by atoms with Crippen molar-refractivity contribution in [3.8, 4) is 0 Å². The number of aromatic nitrogens is 2. The normalized spacial score (nSPS) is 19.1.